The fourth-order valence-electron chi connectivity index (χ4n) is 0.750. The molecule has 16 heavy (non-hydrogen) atoms. The monoisotopic (exact) mass is 240 g/mol. The molecular formula is C12H15ClNO2-. The number of likely N-dealkylation sites (N-methyl/N-ethyl adjacent to an activating group) is 1. The van der Waals surface area contributed by atoms with Crippen LogP contribution < -0.4 is 5.11 Å². The summed E-state index contributed by atoms with van der Waals surface area (Å²) in [5.74, 6) is -0.615. The van der Waals surface area contributed by atoms with E-state index in [1.807, 2.05) is 30.3 Å². The summed E-state index contributed by atoms with van der Waals surface area (Å²) in [4.78, 5) is 11.3. The predicted octanol–water partition coefficient (Wildman–Crippen LogP) is 1.24. The van der Waals surface area contributed by atoms with Gasteiger partial charge in [-0.3, -0.25) is 0 Å². The smallest absolute Gasteiger partial charge is 0.0870 e. The van der Waals surface area contributed by atoms with Crippen LogP contribution >= 0.6 is 11.6 Å². The number of benzene rings is 1. The summed E-state index contributed by atoms with van der Waals surface area (Å²) >= 11 is 5.53. The number of carbonyl (C=O) groups is 1. The van der Waals surface area contributed by atoms with Crippen LogP contribution in [-0.2, 0) is 10.7 Å². The molecule has 4 heteroatoms. The van der Waals surface area contributed by atoms with E-state index < -0.39 is 5.97 Å². The Labute approximate surface area is 101 Å². The SMILES string of the molecule is C=C(C(=O)[O-])N(C)C.ClCc1ccccc1. The van der Waals surface area contributed by atoms with Gasteiger partial charge < -0.3 is 14.8 Å². The number of rotatable bonds is 3. The van der Waals surface area contributed by atoms with Crippen LogP contribution in [0.5, 0.6) is 0 Å². The van der Waals surface area contributed by atoms with Gasteiger partial charge in [-0.1, -0.05) is 36.9 Å². The van der Waals surface area contributed by atoms with Crippen molar-refractivity contribution >= 4 is 17.6 Å². The zero-order chi connectivity index (χ0) is 12.6. The van der Waals surface area contributed by atoms with E-state index in [1.165, 1.54) is 10.5 Å². The highest BCUT2D eigenvalue weighted by Gasteiger charge is 1.92. The summed E-state index contributed by atoms with van der Waals surface area (Å²) in [7, 11) is 3.19. The van der Waals surface area contributed by atoms with Crippen molar-refractivity contribution in [3.8, 4) is 0 Å². The molecule has 0 saturated heterocycles. The van der Waals surface area contributed by atoms with Crippen LogP contribution in [0.4, 0.5) is 0 Å². The molecule has 0 aliphatic carbocycles. The van der Waals surface area contributed by atoms with Crippen molar-refractivity contribution in [1.82, 2.24) is 4.90 Å². The maximum Gasteiger partial charge on any atom is 0.0870 e. The molecule has 0 bridgehead atoms. The van der Waals surface area contributed by atoms with Crippen molar-refractivity contribution in [2.24, 2.45) is 0 Å². The Morgan fingerprint density at radius 3 is 2.06 bits per heavy atom. The number of alkyl halides is 1. The van der Waals surface area contributed by atoms with Gasteiger partial charge in [-0.2, -0.15) is 0 Å². The average molecular weight is 241 g/mol. The lowest BCUT2D eigenvalue weighted by molar-refractivity contribution is -0.300. The largest absolute Gasteiger partial charge is 0.543 e. The van der Waals surface area contributed by atoms with E-state index in [-0.39, 0.29) is 5.70 Å². The first-order chi connectivity index (χ1) is 7.49. The van der Waals surface area contributed by atoms with Gasteiger partial charge in [-0.05, 0) is 5.56 Å². The Balaban J connectivity index is 0.000000281. The van der Waals surface area contributed by atoms with Crippen LogP contribution in [0, 0.1) is 0 Å². The Kier molecular flexibility index (Phi) is 7.05. The van der Waals surface area contributed by atoms with Gasteiger partial charge in [0.05, 0.1) is 11.7 Å². The molecule has 0 unspecified atom stereocenters. The Morgan fingerprint density at radius 2 is 1.88 bits per heavy atom. The molecule has 0 fully saturated rings. The third-order valence-electron chi connectivity index (χ3n) is 1.77. The summed E-state index contributed by atoms with van der Waals surface area (Å²) in [6.07, 6.45) is 0. The van der Waals surface area contributed by atoms with Gasteiger partial charge in [0, 0.05) is 20.0 Å². The second-order valence-electron chi connectivity index (χ2n) is 3.25. The molecule has 1 aromatic rings. The molecule has 1 aromatic carbocycles. The molecule has 0 atom stereocenters. The zero-order valence-corrected chi connectivity index (χ0v) is 10.2. The summed E-state index contributed by atoms with van der Waals surface area (Å²) in [6, 6.07) is 9.96. The van der Waals surface area contributed by atoms with Crippen molar-refractivity contribution in [3.63, 3.8) is 0 Å². The van der Waals surface area contributed by atoms with E-state index in [9.17, 15) is 9.90 Å². The first kappa shape index (κ1) is 14.5. The van der Waals surface area contributed by atoms with Crippen LogP contribution in [0.3, 0.4) is 0 Å². The molecule has 0 N–H and O–H groups in total. The lowest BCUT2D eigenvalue weighted by Gasteiger charge is -2.15. The van der Waals surface area contributed by atoms with Crippen LogP contribution in [0.1, 0.15) is 5.56 Å². The van der Waals surface area contributed by atoms with Crippen molar-refractivity contribution < 1.29 is 9.90 Å². The van der Waals surface area contributed by atoms with Crippen LogP contribution in [-0.4, -0.2) is 25.0 Å². The molecule has 0 saturated carbocycles. The standard InChI is InChI=1S/C7H7Cl.C5H9NO2/c8-6-7-4-2-1-3-5-7;1-4(5(7)8)6(2)3/h1-5H,6H2;1H2,2-3H3,(H,7,8)/p-1. The van der Waals surface area contributed by atoms with Gasteiger partial charge in [-0.15, -0.1) is 11.6 Å². The minimum atomic E-state index is -1.23. The van der Waals surface area contributed by atoms with Gasteiger partial charge in [0.2, 0.25) is 0 Å². The second kappa shape index (κ2) is 7.77. The number of hydrogen-bond acceptors (Lipinski definition) is 3. The Hall–Kier alpha value is -1.48. The third-order valence-corrected chi connectivity index (χ3v) is 2.08. The maximum absolute atomic E-state index is 9.89. The normalized spacial score (nSPS) is 8.69. The van der Waals surface area contributed by atoms with Gasteiger partial charge in [-0.25, -0.2) is 0 Å². The minimum absolute atomic E-state index is 0.00926. The molecule has 0 heterocycles. The number of carboxylic acids is 1. The summed E-state index contributed by atoms with van der Waals surface area (Å²) in [5.41, 5.74) is 1.17. The van der Waals surface area contributed by atoms with E-state index >= 15 is 0 Å². The molecule has 3 nitrogen and oxygen atoms in total. The van der Waals surface area contributed by atoms with Crippen molar-refractivity contribution in [3.05, 3.63) is 48.2 Å². The first-order valence-corrected chi connectivity index (χ1v) is 5.20. The Morgan fingerprint density at radius 1 is 1.38 bits per heavy atom. The summed E-state index contributed by atoms with van der Waals surface area (Å²) in [6.45, 7) is 3.22. The first-order valence-electron chi connectivity index (χ1n) is 4.66. The van der Waals surface area contributed by atoms with Gasteiger partial charge in [0.25, 0.3) is 0 Å². The molecule has 1 rings (SSSR count). The number of aliphatic carboxylic acids is 1. The van der Waals surface area contributed by atoms with E-state index in [2.05, 4.69) is 6.58 Å². The van der Waals surface area contributed by atoms with E-state index in [1.54, 1.807) is 14.1 Å². The fraction of sp³-hybridized carbons (Fsp3) is 0.250. The van der Waals surface area contributed by atoms with Crippen LogP contribution in [0.25, 0.3) is 0 Å². The average Bonchev–Trinajstić information content (AvgIpc) is 2.29. The lowest BCUT2D eigenvalue weighted by Crippen LogP contribution is -2.30. The van der Waals surface area contributed by atoms with Crippen molar-refractivity contribution in [2.45, 2.75) is 5.88 Å². The molecule has 0 amide bonds. The Bertz CT molecular complexity index is 336. The zero-order valence-electron chi connectivity index (χ0n) is 9.44. The highest BCUT2D eigenvalue weighted by molar-refractivity contribution is 6.17. The van der Waals surface area contributed by atoms with Crippen molar-refractivity contribution in [2.75, 3.05) is 14.1 Å². The molecule has 88 valence electrons. The summed E-state index contributed by atoms with van der Waals surface area (Å²) in [5, 5.41) is 9.89. The second-order valence-corrected chi connectivity index (χ2v) is 3.52. The number of nitrogens with zero attached hydrogens (tertiary/aromatic N) is 1. The molecule has 0 aliphatic rings. The molecule has 0 spiro atoms. The molecule has 0 radical (unpaired) electrons. The van der Waals surface area contributed by atoms with Crippen LogP contribution in [0.2, 0.25) is 0 Å². The number of carboxylic acid groups (broad SMARTS) is 1. The third kappa shape index (κ3) is 6.09. The summed E-state index contributed by atoms with van der Waals surface area (Å²) < 4.78 is 0. The molecule has 0 aliphatic heterocycles. The van der Waals surface area contributed by atoms with E-state index in [0.29, 0.717) is 5.88 Å². The van der Waals surface area contributed by atoms with Crippen molar-refractivity contribution in [1.29, 1.82) is 0 Å². The molecular weight excluding hydrogens is 226 g/mol. The minimum Gasteiger partial charge on any atom is -0.543 e. The predicted molar refractivity (Wildman–Crippen MR) is 63.8 cm³/mol. The quantitative estimate of drug-likeness (QED) is 0.590. The number of halogens is 1. The number of hydrogen-bond donors (Lipinski definition) is 0. The van der Waals surface area contributed by atoms with Gasteiger partial charge >= 0.3 is 0 Å². The fourth-order valence-corrected chi connectivity index (χ4v) is 0.928. The maximum atomic E-state index is 9.89. The topological polar surface area (TPSA) is 43.4 Å². The van der Waals surface area contributed by atoms with Crippen LogP contribution in [0.15, 0.2) is 42.6 Å². The highest BCUT2D eigenvalue weighted by atomic mass is 35.5. The molecule has 0 aromatic heterocycles. The van der Waals surface area contributed by atoms with E-state index in [4.69, 9.17) is 11.6 Å². The van der Waals surface area contributed by atoms with Gasteiger partial charge in [0.15, 0.2) is 0 Å². The number of carbonyl (C=O) groups excluding carboxylic acids is 1. The van der Waals surface area contributed by atoms with E-state index in [0.717, 1.165) is 0 Å². The lowest BCUT2D eigenvalue weighted by atomic mass is 10.2. The van der Waals surface area contributed by atoms with Gasteiger partial charge in [0.1, 0.15) is 0 Å². The highest BCUT2D eigenvalue weighted by Crippen LogP contribution is 2.00.